The molecule has 0 aromatic rings. The summed E-state index contributed by atoms with van der Waals surface area (Å²) in [6.45, 7) is 5.50. The lowest BCUT2D eigenvalue weighted by Gasteiger charge is -2.36. The van der Waals surface area contributed by atoms with Gasteiger partial charge in [0.1, 0.15) is 0 Å². The Morgan fingerprint density at radius 3 is 3.06 bits per heavy atom. The van der Waals surface area contributed by atoms with Gasteiger partial charge in [0.2, 0.25) is 0 Å². The van der Waals surface area contributed by atoms with Crippen molar-refractivity contribution in [2.45, 2.75) is 31.7 Å². The van der Waals surface area contributed by atoms with Gasteiger partial charge in [-0.05, 0) is 44.4 Å². The molecule has 17 heavy (non-hydrogen) atoms. The van der Waals surface area contributed by atoms with E-state index in [1.807, 2.05) is 11.8 Å². The fraction of sp³-hybridized carbons (Fsp3) is 1.00. The zero-order chi connectivity index (χ0) is 12.3. The molecule has 4 heteroatoms. The van der Waals surface area contributed by atoms with Gasteiger partial charge >= 0.3 is 0 Å². The molecule has 3 nitrogen and oxygen atoms in total. The van der Waals surface area contributed by atoms with Crippen LogP contribution in [0.5, 0.6) is 0 Å². The van der Waals surface area contributed by atoms with Gasteiger partial charge in [0.05, 0.1) is 6.61 Å². The van der Waals surface area contributed by atoms with Gasteiger partial charge in [-0.3, -0.25) is 4.90 Å². The molecule has 102 valence electrons. The summed E-state index contributed by atoms with van der Waals surface area (Å²) in [7, 11) is 1.76. The van der Waals surface area contributed by atoms with E-state index in [0.29, 0.717) is 0 Å². The lowest BCUT2D eigenvalue weighted by atomic mass is 10.0. The molecule has 1 saturated heterocycles. The maximum Gasteiger partial charge on any atom is 0.0587 e. The zero-order valence-electron chi connectivity index (χ0n) is 11.4. The molecule has 0 bridgehead atoms. The Hall–Kier alpha value is 0.230. The van der Waals surface area contributed by atoms with Crippen molar-refractivity contribution in [1.29, 1.82) is 0 Å². The molecule has 0 saturated carbocycles. The molecule has 1 fully saturated rings. The van der Waals surface area contributed by atoms with Crippen molar-refractivity contribution in [3.05, 3.63) is 0 Å². The van der Waals surface area contributed by atoms with Crippen molar-refractivity contribution in [2.24, 2.45) is 0 Å². The van der Waals surface area contributed by atoms with Crippen LogP contribution in [0, 0.1) is 0 Å². The van der Waals surface area contributed by atoms with Crippen LogP contribution in [-0.4, -0.2) is 62.8 Å². The number of methoxy groups -OCH3 is 1. The Bertz CT molecular complexity index is 181. The van der Waals surface area contributed by atoms with Crippen molar-refractivity contribution in [2.75, 3.05) is 51.9 Å². The number of hydrogen-bond acceptors (Lipinski definition) is 4. The van der Waals surface area contributed by atoms with Gasteiger partial charge in [-0.25, -0.2) is 0 Å². The molecule has 1 unspecified atom stereocenters. The van der Waals surface area contributed by atoms with Gasteiger partial charge in [-0.1, -0.05) is 6.42 Å². The first kappa shape index (κ1) is 15.3. The topological polar surface area (TPSA) is 24.5 Å². The SMILES string of the molecule is COCCNCC1CCCCN1CCCSC. The van der Waals surface area contributed by atoms with Crippen molar-refractivity contribution >= 4 is 11.8 Å². The summed E-state index contributed by atoms with van der Waals surface area (Å²) in [4.78, 5) is 2.68. The minimum absolute atomic E-state index is 0.752. The van der Waals surface area contributed by atoms with E-state index in [1.54, 1.807) is 7.11 Å². The summed E-state index contributed by atoms with van der Waals surface area (Å²) < 4.78 is 5.06. The molecule has 1 N–H and O–H groups in total. The number of rotatable bonds is 9. The van der Waals surface area contributed by atoms with Crippen molar-refractivity contribution in [3.8, 4) is 0 Å². The second-order valence-electron chi connectivity index (χ2n) is 4.73. The third kappa shape index (κ3) is 6.65. The molecule has 0 spiro atoms. The van der Waals surface area contributed by atoms with E-state index < -0.39 is 0 Å². The molecule has 0 aliphatic carbocycles. The van der Waals surface area contributed by atoms with Crippen molar-refractivity contribution in [1.82, 2.24) is 10.2 Å². The smallest absolute Gasteiger partial charge is 0.0587 e. The van der Waals surface area contributed by atoms with Gasteiger partial charge in [0, 0.05) is 26.2 Å². The Labute approximate surface area is 111 Å². The van der Waals surface area contributed by atoms with Crippen LogP contribution in [0.2, 0.25) is 0 Å². The molecule has 1 rings (SSSR count). The second-order valence-corrected chi connectivity index (χ2v) is 5.71. The fourth-order valence-electron chi connectivity index (χ4n) is 2.44. The molecular formula is C13H28N2OS. The van der Waals surface area contributed by atoms with Gasteiger partial charge in [-0.2, -0.15) is 11.8 Å². The highest BCUT2D eigenvalue weighted by molar-refractivity contribution is 7.98. The van der Waals surface area contributed by atoms with E-state index in [4.69, 9.17) is 4.74 Å². The molecule has 0 aromatic heterocycles. The first-order valence-electron chi connectivity index (χ1n) is 6.81. The number of nitrogens with zero attached hydrogens (tertiary/aromatic N) is 1. The highest BCUT2D eigenvalue weighted by atomic mass is 32.2. The molecule has 0 amide bonds. The third-order valence-corrected chi connectivity index (χ3v) is 4.10. The summed E-state index contributed by atoms with van der Waals surface area (Å²) >= 11 is 1.96. The predicted molar refractivity (Wildman–Crippen MR) is 77.0 cm³/mol. The van der Waals surface area contributed by atoms with E-state index in [1.165, 1.54) is 44.5 Å². The van der Waals surface area contributed by atoms with E-state index in [0.717, 1.165) is 25.7 Å². The highest BCUT2D eigenvalue weighted by Crippen LogP contribution is 2.17. The number of nitrogens with one attached hydrogen (secondary N) is 1. The first-order valence-corrected chi connectivity index (χ1v) is 8.20. The van der Waals surface area contributed by atoms with E-state index in [-0.39, 0.29) is 0 Å². The fourth-order valence-corrected chi connectivity index (χ4v) is 2.86. The van der Waals surface area contributed by atoms with Gasteiger partial charge in [0.15, 0.2) is 0 Å². The summed E-state index contributed by atoms with van der Waals surface area (Å²) in [5, 5.41) is 3.50. The lowest BCUT2D eigenvalue weighted by Crippen LogP contribution is -2.46. The Morgan fingerprint density at radius 1 is 1.41 bits per heavy atom. The van der Waals surface area contributed by atoms with Crippen LogP contribution in [0.15, 0.2) is 0 Å². The average Bonchev–Trinajstić information content (AvgIpc) is 2.36. The summed E-state index contributed by atoms with van der Waals surface area (Å²) in [6.07, 6.45) is 7.67. The summed E-state index contributed by atoms with van der Waals surface area (Å²) in [5.41, 5.74) is 0. The predicted octanol–water partition coefficient (Wildman–Crippen LogP) is 1.83. The van der Waals surface area contributed by atoms with Crippen molar-refractivity contribution in [3.63, 3.8) is 0 Å². The standard InChI is InChI=1S/C13H28N2OS/c1-16-10-7-14-12-13-6-3-4-8-15(13)9-5-11-17-2/h13-14H,3-12H2,1-2H3. The van der Waals surface area contributed by atoms with Crippen LogP contribution < -0.4 is 5.32 Å². The molecule has 1 aliphatic rings. The Kier molecular flexibility index (Phi) is 9.16. The molecule has 1 atom stereocenters. The zero-order valence-corrected chi connectivity index (χ0v) is 12.2. The largest absolute Gasteiger partial charge is 0.383 e. The Morgan fingerprint density at radius 2 is 2.29 bits per heavy atom. The van der Waals surface area contributed by atoms with E-state index in [2.05, 4.69) is 16.5 Å². The first-order chi connectivity index (χ1) is 8.38. The lowest BCUT2D eigenvalue weighted by molar-refractivity contribution is 0.141. The second kappa shape index (κ2) is 10.2. The number of thioether (sulfide) groups is 1. The van der Waals surface area contributed by atoms with E-state index in [9.17, 15) is 0 Å². The Balaban J connectivity index is 2.17. The summed E-state index contributed by atoms with van der Waals surface area (Å²) in [5.74, 6) is 1.29. The van der Waals surface area contributed by atoms with Gasteiger partial charge < -0.3 is 10.1 Å². The van der Waals surface area contributed by atoms with Crippen LogP contribution in [0.4, 0.5) is 0 Å². The van der Waals surface area contributed by atoms with Crippen LogP contribution in [-0.2, 0) is 4.74 Å². The van der Waals surface area contributed by atoms with Crippen LogP contribution in [0.1, 0.15) is 25.7 Å². The molecular weight excluding hydrogens is 232 g/mol. The molecule has 1 heterocycles. The summed E-state index contributed by atoms with van der Waals surface area (Å²) in [6, 6.07) is 0.752. The normalized spacial score (nSPS) is 21.9. The number of piperidine rings is 1. The average molecular weight is 260 g/mol. The quantitative estimate of drug-likeness (QED) is 0.639. The number of ether oxygens (including phenoxy) is 1. The maximum atomic E-state index is 5.06. The minimum Gasteiger partial charge on any atom is -0.383 e. The third-order valence-electron chi connectivity index (χ3n) is 3.41. The molecule has 1 aliphatic heterocycles. The van der Waals surface area contributed by atoms with Gasteiger partial charge in [0.25, 0.3) is 0 Å². The minimum atomic E-state index is 0.752. The van der Waals surface area contributed by atoms with Crippen LogP contribution >= 0.6 is 11.8 Å². The molecule has 0 aromatic carbocycles. The number of hydrogen-bond donors (Lipinski definition) is 1. The van der Waals surface area contributed by atoms with Crippen LogP contribution in [0.25, 0.3) is 0 Å². The molecule has 0 radical (unpaired) electrons. The van der Waals surface area contributed by atoms with Crippen LogP contribution in [0.3, 0.4) is 0 Å². The number of likely N-dealkylation sites (tertiary alicyclic amines) is 1. The highest BCUT2D eigenvalue weighted by Gasteiger charge is 2.21. The van der Waals surface area contributed by atoms with Gasteiger partial charge in [-0.15, -0.1) is 0 Å². The van der Waals surface area contributed by atoms with E-state index >= 15 is 0 Å². The maximum absolute atomic E-state index is 5.06. The van der Waals surface area contributed by atoms with Crippen molar-refractivity contribution < 1.29 is 4.74 Å². The monoisotopic (exact) mass is 260 g/mol.